The quantitative estimate of drug-likeness (QED) is 0.724. The summed E-state index contributed by atoms with van der Waals surface area (Å²) in [5, 5.41) is 0. The Labute approximate surface area is 176 Å². The lowest BCUT2D eigenvalue weighted by Gasteiger charge is -2.34. The van der Waals surface area contributed by atoms with Crippen molar-refractivity contribution in [2.75, 3.05) is 37.3 Å². The van der Waals surface area contributed by atoms with Gasteiger partial charge in [-0.1, -0.05) is 6.07 Å². The third-order valence-corrected chi connectivity index (χ3v) is 7.29. The van der Waals surface area contributed by atoms with E-state index in [0.717, 1.165) is 41.4 Å². The first-order valence-electron chi connectivity index (χ1n) is 10.2. The number of anilines is 1. The maximum atomic E-state index is 11.7. The second-order valence-corrected chi connectivity index (χ2v) is 10.4. The summed E-state index contributed by atoms with van der Waals surface area (Å²) in [5.74, 6) is 1.66. The number of piperazine rings is 1. The van der Waals surface area contributed by atoms with E-state index in [4.69, 9.17) is 9.73 Å². The van der Waals surface area contributed by atoms with E-state index in [-0.39, 0.29) is 5.60 Å². The van der Waals surface area contributed by atoms with Gasteiger partial charge in [-0.15, -0.1) is 0 Å². The zero-order valence-electron chi connectivity index (χ0n) is 17.2. The molecule has 5 rings (SSSR count). The van der Waals surface area contributed by atoms with Gasteiger partial charge in [0, 0.05) is 37.8 Å². The number of sulfonamides is 1. The number of aromatic nitrogens is 2. The minimum absolute atomic E-state index is 0.0274. The molecule has 2 aromatic rings. The number of nitrogens with zero attached hydrogens (tertiary/aromatic N) is 5. The fourth-order valence-electron chi connectivity index (χ4n) is 3.91. The molecule has 1 saturated carbocycles. The molecular weight excluding hydrogens is 402 g/mol. The topological polar surface area (TPSA) is 88.0 Å². The monoisotopic (exact) mass is 427 g/mol. The molecule has 0 bridgehead atoms. The Morgan fingerprint density at radius 1 is 1.07 bits per heavy atom. The molecule has 0 spiro atoms. The third kappa shape index (κ3) is 3.79. The first kappa shape index (κ1) is 19.4. The third-order valence-electron chi connectivity index (χ3n) is 5.99. The zero-order chi connectivity index (χ0) is 20.9. The number of hydrogen-bond acceptors (Lipinski definition) is 7. The van der Waals surface area contributed by atoms with E-state index in [0.29, 0.717) is 32.7 Å². The number of aliphatic imine (C=N–C) groups is 1. The van der Waals surface area contributed by atoms with Crippen LogP contribution in [0.25, 0.3) is 0 Å². The molecule has 0 radical (unpaired) electrons. The molecule has 158 valence electrons. The van der Waals surface area contributed by atoms with E-state index >= 15 is 0 Å². The lowest BCUT2D eigenvalue weighted by Crippen LogP contribution is -2.48. The summed E-state index contributed by atoms with van der Waals surface area (Å²) in [4.78, 5) is 15.7. The number of benzene rings is 1. The fraction of sp³-hybridized carbons (Fsp3) is 0.476. The van der Waals surface area contributed by atoms with Gasteiger partial charge in [-0.25, -0.2) is 18.4 Å². The maximum absolute atomic E-state index is 11.7. The van der Waals surface area contributed by atoms with E-state index in [1.807, 2.05) is 12.1 Å². The lowest BCUT2D eigenvalue weighted by molar-refractivity contribution is 0.200. The number of rotatable bonds is 5. The molecule has 0 atom stereocenters. The molecule has 9 heteroatoms. The molecular formula is C21H25N5O3S. The van der Waals surface area contributed by atoms with Crippen LogP contribution in [0, 0.1) is 0 Å². The molecule has 0 unspecified atom stereocenters. The van der Waals surface area contributed by atoms with Crippen molar-refractivity contribution in [3.8, 4) is 5.75 Å². The zero-order valence-corrected chi connectivity index (χ0v) is 18.0. The van der Waals surface area contributed by atoms with Crippen molar-refractivity contribution in [1.29, 1.82) is 0 Å². The van der Waals surface area contributed by atoms with Crippen LogP contribution in [0.3, 0.4) is 0 Å². The van der Waals surface area contributed by atoms with Crippen molar-refractivity contribution in [3.05, 3.63) is 47.4 Å². The molecule has 0 amide bonds. The predicted molar refractivity (Wildman–Crippen MR) is 115 cm³/mol. The van der Waals surface area contributed by atoms with Gasteiger partial charge in [0.15, 0.2) is 0 Å². The Kier molecular flexibility index (Phi) is 4.55. The van der Waals surface area contributed by atoms with Crippen molar-refractivity contribution >= 4 is 21.6 Å². The Morgan fingerprint density at radius 2 is 1.83 bits per heavy atom. The van der Waals surface area contributed by atoms with Gasteiger partial charge >= 0.3 is 0 Å². The highest BCUT2D eigenvalue weighted by Crippen LogP contribution is 2.40. The Balaban J connectivity index is 1.37. The van der Waals surface area contributed by atoms with E-state index in [9.17, 15) is 8.42 Å². The second-order valence-electron chi connectivity index (χ2n) is 8.45. The van der Waals surface area contributed by atoms with Gasteiger partial charge < -0.3 is 9.64 Å². The van der Waals surface area contributed by atoms with Gasteiger partial charge in [-0.2, -0.15) is 4.31 Å². The van der Waals surface area contributed by atoms with Crippen molar-refractivity contribution in [1.82, 2.24) is 14.3 Å². The maximum Gasteiger partial charge on any atom is 0.211 e. The van der Waals surface area contributed by atoms with Crippen LogP contribution in [0.4, 0.5) is 5.82 Å². The minimum Gasteiger partial charge on any atom is -0.488 e. The summed E-state index contributed by atoms with van der Waals surface area (Å²) in [6, 6.07) is 8.12. The average Bonchev–Trinajstić information content (AvgIpc) is 3.30. The van der Waals surface area contributed by atoms with Crippen LogP contribution < -0.4 is 9.64 Å². The van der Waals surface area contributed by atoms with E-state index in [1.165, 1.54) is 16.1 Å². The molecule has 1 aromatic heterocycles. The van der Waals surface area contributed by atoms with Crippen LogP contribution in [0.15, 0.2) is 35.6 Å². The molecule has 1 aliphatic carbocycles. The van der Waals surface area contributed by atoms with Gasteiger partial charge in [-0.05, 0) is 37.5 Å². The van der Waals surface area contributed by atoms with Gasteiger partial charge in [0.1, 0.15) is 23.5 Å². The van der Waals surface area contributed by atoms with Crippen LogP contribution in [0.1, 0.15) is 36.6 Å². The van der Waals surface area contributed by atoms with Crippen molar-refractivity contribution in [3.63, 3.8) is 0 Å². The smallest absolute Gasteiger partial charge is 0.211 e. The summed E-state index contributed by atoms with van der Waals surface area (Å²) in [6.45, 7) is 4.89. The summed E-state index contributed by atoms with van der Waals surface area (Å²) in [5.41, 5.74) is 3.83. The number of fused-ring (bicyclic) bond motifs is 1. The minimum atomic E-state index is -3.16. The Hall–Kier alpha value is -2.52. The molecule has 0 N–H and O–H groups in total. The first-order chi connectivity index (χ1) is 14.3. The van der Waals surface area contributed by atoms with E-state index in [2.05, 4.69) is 33.9 Å². The largest absolute Gasteiger partial charge is 0.488 e. The predicted octanol–water partition coefficient (Wildman–Crippen LogP) is 1.84. The van der Waals surface area contributed by atoms with Crippen molar-refractivity contribution in [2.24, 2.45) is 4.99 Å². The molecule has 1 saturated heterocycles. The average molecular weight is 428 g/mol. The van der Waals surface area contributed by atoms with E-state index < -0.39 is 10.0 Å². The SMILES string of the molecule is CC1(Oc2ccc3c(c2)C(c2cc(N4CCN(S(C)(=O)=O)CC4)ncn2)=NC3)CC1. The second kappa shape index (κ2) is 7.02. The lowest BCUT2D eigenvalue weighted by atomic mass is 10.0. The highest BCUT2D eigenvalue weighted by Gasteiger charge is 2.40. The van der Waals surface area contributed by atoms with Crippen LogP contribution in [0.5, 0.6) is 5.75 Å². The van der Waals surface area contributed by atoms with Crippen LogP contribution >= 0.6 is 0 Å². The highest BCUT2D eigenvalue weighted by atomic mass is 32.2. The standard InChI is InChI=1S/C21H25N5O3S/c1-21(5-6-21)29-16-4-3-15-13-22-20(17(15)11-16)18-12-19(24-14-23-18)25-7-9-26(10-8-25)30(2,27)28/h3-4,11-12,14H,5-10,13H2,1-2H3. The molecule has 3 heterocycles. The van der Waals surface area contributed by atoms with Gasteiger partial charge in [0.05, 0.1) is 24.2 Å². The van der Waals surface area contributed by atoms with Gasteiger partial charge in [-0.3, -0.25) is 4.99 Å². The molecule has 30 heavy (non-hydrogen) atoms. The first-order valence-corrected chi connectivity index (χ1v) is 12.0. The normalized spacial score (nSPS) is 20.6. The van der Waals surface area contributed by atoms with Crippen LogP contribution in [-0.4, -0.2) is 66.4 Å². The Bertz CT molecular complexity index is 1120. The Morgan fingerprint density at radius 3 is 2.53 bits per heavy atom. The van der Waals surface area contributed by atoms with Crippen molar-refractivity contribution < 1.29 is 13.2 Å². The summed E-state index contributed by atoms with van der Waals surface area (Å²) in [6.07, 6.45) is 4.99. The summed E-state index contributed by atoms with van der Waals surface area (Å²) >= 11 is 0. The van der Waals surface area contributed by atoms with Crippen molar-refractivity contribution in [2.45, 2.75) is 31.9 Å². The summed E-state index contributed by atoms with van der Waals surface area (Å²) in [7, 11) is -3.16. The van der Waals surface area contributed by atoms with Crippen LogP contribution in [-0.2, 0) is 16.6 Å². The molecule has 3 aliphatic rings. The number of ether oxygens (including phenoxy) is 1. The molecule has 2 fully saturated rings. The summed E-state index contributed by atoms with van der Waals surface area (Å²) < 4.78 is 31.1. The fourth-order valence-corrected chi connectivity index (χ4v) is 4.73. The molecule has 8 nitrogen and oxygen atoms in total. The number of hydrogen-bond donors (Lipinski definition) is 0. The molecule has 1 aromatic carbocycles. The molecule has 2 aliphatic heterocycles. The van der Waals surface area contributed by atoms with Gasteiger partial charge in [0.2, 0.25) is 10.0 Å². The van der Waals surface area contributed by atoms with Crippen LogP contribution in [0.2, 0.25) is 0 Å². The van der Waals surface area contributed by atoms with E-state index in [1.54, 1.807) is 6.33 Å². The van der Waals surface area contributed by atoms with Gasteiger partial charge in [0.25, 0.3) is 0 Å². The highest BCUT2D eigenvalue weighted by molar-refractivity contribution is 7.88.